The van der Waals surface area contributed by atoms with E-state index in [1.807, 2.05) is 6.92 Å². The zero-order valence-electron chi connectivity index (χ0n) is 8.74. The summed E-state index contributed by atoms with van der Waals surface area (Å²) in [6, 6.07) is -0.418. The predicted molar refractivity (Wildman–Crippen MR) is 61.5 cm³/mol. The number of halogens is 2. The minimum atomic E-state index is -1.10. The quantitative estimate of drug-likeness (QED) is 0.554. The topological polar surface area (TPSA) is 58.6 Å². The van der Waals surface area contributed by atoms with E-state index in [1.165, 1.54) is 0 Å². The van der Waals surface area contributed by atoms with Crippen molar-refractivity contribution in [3.63, 3.8) is 0 Å². The molecule has 4 saturated heterocycles. The number of hydrogen-bond donors (Lipinski definition) is 2. The molecule has 4 nitrogen and oxygen atoms in total. The second-order valence-corrected chi connectivity index (χ2v) is 6.61. The van der Waals surface area contributed by atoms with Gasteiger partial charge in [-0.2, -0.15) is 0 Å². The second-order valence-electron chi connectivity index (χ2n) is 4.95. The summed E-state index contributed by atoms with van der Waals surface area (Å²) < 4.78 is 5.31. The maximum atomic E-state index is 11.8. The van der Waals surface area contributed by atoms with E-state index in [0.717, 1.165) is 6.42 Å². The number of hydrogen-bond acceptors (Lipinski definition) is 4. The molecule has 0 amide bonds. The molecule has 5 fully saturated rings. The van der Waals surface area contributed by atoms with Crippen molar-refractivity contribution in [2.24, 2.45) is 5.41 Å². The van der Waals surface area contributed by atoms with Crippen molar-refractivity contribution in [1.82, 2.24) is 5.32 Å². The summed E-state index contributed by atoms with van der Waals surface area (Å²) in [5, 5.41) is 13.3. The Morgan fingerprint density at radius 3 is 3.06 bits per heavy atom. The highest BCUT2D eigenvalue weighted by Gasteiger charge is 2.73. The molecule has 4 bridgehead atoms. The molecule has 1 saturated carbocycles. The summed E-state index contributed by atoms with van der Waals surface area (Å²) in [4.78, 5) is 10.6. The molecule has 0 radical (unpaired) electrons. The van der Waals surface area contributed by atoms with Gasteiger partial charge in [0.1, 0.15) is 0 Å². The first kappa shape index (κ1) is 11.3. The zero-order valence-corrected chi connectivity index (χ0v) is 11.1. The van der Waals surface area contributed by atoms with Gasteiger partial charge in [0.25, 0.3) is 0 Å². The van der Waals surface area contributed by atoms with Crippen LogP contribution in [-0.2, 0) is 9.53 Å². The van der Waals surface area contributed by atoms with Gasteiger partial charge in [0.2, 0.25) is 0 Å². The van der Waals surface area contributed by atoms with Gasteiger partial charge in [0.05, 0.1) is 17.0 Å². The maximum Gasteiger partial charge on any atom is 0.330 e. The number of fused-ring (bicyclic) bond motifs is 2. The van der Waals surface area contributed by atoms with E-state index in [0.29, 0.717) is 6.42 Å². The van der Waals surface area contributed by atoms with Crippen LogP contribution in [0.15, 0.2) is 0 Å². The standard InChI is InChI=1S/C10H13BrClNO3/c1-2-9-3-10(12)6(4(14)5(9)11)13-7(9)16-8(10)15/h4-7,13-14H,2-3H2,1H3. The Balaban J connectivity index is 2.12. The molecule has 5 rings (SSSR count). The van der Waals surface area contributed by atoms with Crippen molar-refractivity contribution in [3.05, 3.63) is 0 Å². The van der Waals surface area contributed by atoms with E-state index < -0.39 is 23.0 Å². The molecule has 1 aliphatic carbocycles. The molecular weight excluding hydrogens is 297 g/mol. The average molecular weight is 311 g/mol. The van der Waals surface area contributed by atoms with Gasteiger partial charge in [-0.1, -0.05) is 22.9 Å². The number of piperidine rings is 2. The van der Waals surface area contributed by atoms with Crippen LogP contribution in [0.4, 0.5) is 0 Å². The number of nitrogens with one attached hydrogen (secondary N) is 1. The summed E-state index contributed by atoms with van der Waals surface area (Å²) in [6.45, 7) is 2.03. The summed E-state index contributed by atoms with van der Waals surface area (Å²) in [7, 11) is 0. The average Bonchev–Trinajstić information content (AvgIpc) is 2.26. The maximum absolute atomic E-state index is 11.8. The van der Waals surface area contributed by atoms with Crippen LogP contribution in [0.3, 0.4) is 0 Å². The van der Waals surface area contributed by atoms with Gasteiger partial charge >= 0.3 is 5.97 Å². The van der Waals surface area contributed by atoms with E-state index in [2.05, 4.69) is 21.2 Å². The van der Waals surface area contributed by atoms with Crippen molar-refractivity contribution in [3.8, 4) is 0 Å². The molecule has 6 atom stereocenters. The Bertz CT molecular complexity index is 368. The molecule has 0 spiro atoms. The summed E-state index contributed by atoms with van der Waals surface area (Å²) in [5.41, 5.74) is -0.302. The number of aliphatic hydroxyl groups excluding tert-OH is 1. The smallest absolute Gasteiger partial charge is 0.330 e. The summed E-state index contributed by atoms with van der Waals surface area (Å²) in [5.74, 6) is -0.398. The number of alkyl halides is 2. The molecule has 5 aliphatic rings. The Morgan fingerprint density at radius 2 is 2.44 bits per heavy atom. The number of carbonyl (C=O) groups is 1. The minimum absolute atomic E-state index is 0.0822. The van der Waals surface area contributed by atoms with Crippen LogP contribution in [0.5, 0.6) is 0 Å². The molecule has 2 N–H and O–H groups in total. The Morgan fingerprint density at radius 1 is 1.75 bits per heavy atom. The van der Waals surface area contributed by atoms with Gasteiger partial charge in [-0.15, -0.1) is 11.6 Å². The van der Waals surface area contributed by atoms with E-state index in [1.54, 1.807) is 0 Å². The number of carbonyl (C=O) groups excluding carboxylic acids is 1. The first-order valence-corrected chi connectivity index (χ1v) is 6.73. The molecule has 6 heteroatoms. The zero-order chi connectivity index (χ0) is 11.7. The minimum Gasteiger partial charge on any atom is -0.445 e. The lowest BCUT2D eigenvalue weighted by atomic mass is 9.58. The first-order valence-electron chi connectivity index (χ1n) is 5.44. The normalized spacial score (nSPS) is 58.9. The molecule has 16 heavy (non-hydrogen) atoms. The van der Waals surface area contributed by atoms with Crippen LogP contribution in [0.1, 0.15) is 19.8 Å². The molecule has 6 unspecified atom stereocenters. The second kappa shape index (κ2) is 3.13. The van der Waals surface area contributed by atoms with Crippen LogP contribution < -0.4 is 5.32 Å². The molecule has 4 heterocycles. The van der Waals surface area contributed by atoms with Gasteiger partial charge in [0.15, 0.2) is 11.1 Å². The predicted octanol–water partition coefficient (Wildman–Crippen LogP) is 0.743. The van der Waals surface area contributed by atoms with Crippen molar-refractivity contribution >= 4 is 33.5 Å². The fraction of sp³-hybridized carbons (Fsp3) is 0.900. The Kier molecular flexibility index (Phi) is 2.20. The van der Waals surface area contributed by atoms with Gasteiger partial charge in [-0.05, 0) is 12.8 Å². The van der Waals surface area contributed by atoms with E-state index in [4.69, 9.17) is 16.3 Å². The van der Waals surface area contributed by atoms with Crippen molar-refractivity contribution < 1.29 is 14.6 Å². The fourth-order valence-electron chi connectivity index (χ4n) is 3.32. The van der Waals surface area contributed by atoms with E-state index >= 15 is 0 Å². The Hall–Kier alpha value is 0.160. The number of rotatable bonds is 1. The molecule has 0 aromatic rings. The van der Waals surface area contributed by atoms with Gasteiger partial charge < -0.3 is 9.84 Å². The third-order valence-electron chi connectivity index (χ3n) is 4.35. The molecule has 0 aromatic carbocycles. The highest BCUT2D eigenvalue weighted by atomic mass is 79.9. The highest BCUT2D eigenvalue weighted by Crippen LogP contribution is 2.59. The van der Waals surface area contributed by atoms with Gasteiger partial charge in [-0.3, -0.25) is 10.1 Å². The molecule has 0 aromatic heterocycles. The van der Waals surface area contributed by atoms with Gasteiger partial charge in [-0.25, -0.2) is 0 Å². The first-order chi connectivity index (χ1) is 7.45. The van der Waals surface area contributed by atoms with E-state index in [9.17, 15) is 9.90 Å². The third-order valence-corrected chi connectivity index (χ3v) is 6.32. The lowest BCUT2D eigenvalue weighted by Crippen LogP contribution is -2.83. The van der Waals surface area contributed by atoms with Crippen molar-refractivity contribution in [2.45, 2.75) is 47.8 Å². The van der Waals surface area contributed by atoms with Crippen LogP contribution >= 0.6 is 27.5 Å². The fourth-order valence-corrected chi connectivity index (χ4v) is 4.84. The molecule has 90 valence electrons. The number of esters is 1. The highest BCUT2D eigenvalue weighted by molar-refractivity contribution is 9.09. The van der Waals surface area contributed by atoms with E-state index in [-0.39, 0.29) is 16.5 Å². The third kappa shape index (κ3) is 1.01. The largest absolute Gasteiger partial charge is 0.445 e. The number of ether oxygens (including phenoxy) is 1. The number of aliphatic hydroxyl groups is 1. The summed E-state index contributed by atoms with van der Waals surface area (Å²) in [6.07, 6.45) is 0.372. The molecule has 4 aliphatic heterocycles. The van der Waals surface area contributed by atoms with Crippen LogP contribution in [0.2, 0.25) is 0 Å². The SMILES string of the molecule is CCC12CC3(Cl)C(=O)OC1NC3C(O)C2Br. The van der Waals surface area contributed by atoms with Gasteiger partial charge in [0, 0.05) is 5.41 Å². The van der Waals surface area contributed by atoms with Crippen LogP contribution in [-0.4, -0.2) is 39.2 Å². The van der Waals surface area contributed by atoms with Crippen molar-refractivity contribution in [1.29, 1.82) is 0 Å². The monoisotopic (exact) mass is 309 g/mol. The summed E-state index contributed by atoms with van der Waals surface area (Å²) >= 11 is 9.89. The molecular formula is C10H13BrClNO3. The lowest BCUT2D eigenvalue weighted by molar-refractivity contribution is -0.222. The Labute approximate surface area is 107 Å². The lowest BCUT2D eigenvalue weighted by Gasteiger charge is -2.65. The van der Waals surface area contributed by atoms with Crippen molar-refractivity contribution in [2.75, 3.05) is 0 Å². The van der Waals surface area contributed by atoms with Crippen LogP contribution in [0.25, 0.3) is 0 Å². The van der Waals surface area contributed by atoms with Crippen LogP contribution in [0, 0.1) is 5.41 Å².